The molecule has 0 unspecified atom stereocenters. The Morgan fingerprint density at radius 3 is 2.29 bits per heavy atom. The molecule has 0 aliphatic carbocycles. The quantitative estimate of drug-likeness (QED) is 0.459. The average Bonchev–Trinajstić information content (AvgIpc) is 3.08. The lowest BCUT2D eigenvalue weighted by Crippen LogP contribution is -2.37. The standard InChI is InChI=1S/C22H20Cl2N4O3/c1-12-8-9-14(10-13(12)2)31-21-25-19-18(20(29)27(4)22(30)26(19)3)28(21)11-15-16(23)6-5-7-17(15)24/h5-10H,11H2,1-4H3. The molecule has 4 rings (SSSR count). The number of fused-ring (bicyclic) bond motifs is 1. The molecule has 0 radical (unpaired) electrons. The summed E-state index contributed by atoms with van der Waals surface area (Å²) in [7, 11) is 2.98. The number of imidazole rings is 1. The highest BCUT2D eigenvalue weighted by Crippen LogP contribution is 2.30. The highest BCUT2D eigenvalue weighted by Gasteiger charge is 2.22. The van der Waals surface area contributed by atoms with Crippen molar-refractivity contribution in [2.24, 2.45) is 14.1 Å². The van der Waals surface area contributed by atoms with Crippen LogP contribution in [0.4, 0.5) is 0 Å². The molecule has 0 amide bonds. The highest BCUT2D eigenvalue weighted by atomic mass is 35.5. The summed E-state index contributed by atoms with van der Waals surface area (Å²) >= 11 is 12.8. The summed E-state index contributed by atoms with van der Waals surface area (Å²) in [6.45, 7) is 4.13. The number of hydrogen-bond donors (Lipinski definition) is 0. The lowest BCUT2D eigenvalue weighted by molar-refractivity contribution is 0.421. The monoisotopic (exact) mass is 458 g/mol. The molecular formula is C22H20Cl2N4O3. The summed E-state index contributed by atoms with van der Waals surface area (Å²) in [5, 5.41) is 0.904. The van der Waals surface area contributed by atoms with Crippen molar-refractivity contribution < 1.29 is 4.74 Å². The second-order valence-corrected chi connectivity index (χ2v) is 8.22. The van der Waals surface area contributed by atoms with Crippen LogP contribution in [0.5, 0.6) is 11.8 Å². The molecule has 0 fully saturated rings. The Labute approximate surface area is 188 Å². The number of benzene rings is 2. The van der Waals surface area contributed by atoms with Crippen LogP contribution >= 0.6 is 23.2 Å². The second kappa shape index (κ2) is 7.90. The normalized spacial score (nSPS) is 11.3. The molecule has 0 atom stereocenters. The zero-order valence-electron chi connectivity index (χ0n) is 17.4. The molecule has 7 nitrogen and oxygen atoms in total. The molecule has 0 saturated carbocycles. The van der Waals surface area contributed by atoms with Gasteiger partial charge < -0.3 is 4.74 Å². The largest absolute Gasteiger partial charge is 0.425 e. The maximum atomic E-state index is 13.0. The van der Waals surface area contributed by atoms with Gasteiger partial charge in [0, 0.05) is 29.7 Å². The summed E-state index contributed by atoms with van der Waals surface area (Å²) in [6, 6.07) is 11.0. The smallest absolute Gasteiger partial charge is 0.332 e. The van der Waals surface area contributed by atoms with Crippen LogP contribution in [0.3, 0.4) is 0 Å². The maximum Gasteiger partial charge on any atom is 0.332 e. The van der Waals surface area contributed by atoms with E-state index in [9.17, 15) is 9.59 Å². The third-order valence-electron chi connectivity index (χ3n) is 5.38. The minimum atomic E-state index is -0.483. The zero-order valence-corrected chi connectivity index (χ0v) is 19.0. The van der Waals surface area contributed by atoms with Crippen LogP contribution in [-0.2, 0) is 20.6 Å². The zero-order chi connectivity index (χ0) is 22.4. The minimum Gasteiger partial charge on any atom is -0.425 e. The molecule has 9 heteroatoms. The number of aromatic nitrogens is 4. The first-order valence-electron chi connectivity index (χ1n) is 9.53. The molecule has 0 aliphatic heterocycles. The Hall–Kier alpha value is -3.03. The van der Waals surface area contributed by atoms with Gasteiger partial charge in [-0.2, -0.15) is 4.98 Å². The van der Waals surface area contributed by atoms with Gasteiger partial charge in [0.15, 0.2) is 11.2 Å². The van der Waals surface area contributed by atoms with Gasteiger partial charge in [-0.15, -0.1) is 0 Å². The van der Waals surface area contributed by atoms with Gasteiger partial charge in [0.1, 0.15) is 5.75 Å². The van der Waals surface area contributed by atoms with Gasteiger partial charge in [-0.1, -0.05) is 35.3 Å². The topological polar surface area (TPSA) is 71.1 Å². The van der Waals surface area contributed by atoms with E-state index in [-0.39, 0.29) is 23.7 Å². The molecule has 2 aromatic heterocycles. The van der Waals surface area contributed by atoms with E-state index in [1.165, 1.54) is 11.6 Å². The maximum absolute atomic E-state index is 13.0. The summed E-state index contributed by atoms with van der Waals surface area (Å²) in [5.74, 6) is 0.562. The van der Waals surface area contributed by atoms with Crippen molar-refractivity contribution in [1.82, 2.24) is 18.7 Å². The Kier molecular flexibility index (Phi) is 5.41. The van der Waals surface area contributed by atoms with E-state index in [2.05, 4.69) is 4.98 Å². The molecule has 4 aromatic rings. The Morgan fingerprint density at radius 2 is 1.65 bits per heavy atom. The molecule has 31 heavy (non-hydrogen) atoms. The Bertz CT molecular complexity index is 1430. The molecule has 0 bridgehead atoms. The molecule has 2 aromatic carbocycles. The molecule has 0 spiro atoms. The number of ether oxygens (including phenoxy) is 1. The van der Waals surface area contributed by atoms with Crippen LogP contribution < -0.4 is 16.0 Å². The van der Waals surface area contributed by atoms with Crippen LogP contribution in [-0.4, -0.2) is 18.7 Å². The lowest BCUT2D eigenvalue weighted by Gasteiger charge is -2.13. The van der Waals surface area contributed by atoms with Crippen LogP contribution in [0.1, 0.15) is 16.7 Å². The average molecular weight is 459 g/mol. The van der Waals surface area contributed by atoms with Crippen molar-refractivity contribution in [3.8, 4) is 11.8 Å². The predicted octanol–water partition coefficient (Wildman–Crippen LogP) is 4.20. The number of hydrogen-bond acceptors (Lipinski definition) is 4. The number of rotatable bonds is 4. The van der Waals surface area contributed by atoms with Crippen LogP contribution in [0.25, 0.3) is 11.2 Å². The first-order valence-corrected chi connectivity index (χ1v) is 10.3. The number of aryl methyl sites for hydroxylation is 3. The second-order valence-electron chi connectivity index (χ2n) is 7.41. The van der Waals surface area contributed by atoms with E-state index in [0.29, 0.717) is 21.4 Å². The van der Waals surface area contributed by atoms with E-state index in [1.54, 1.807) is 29.8 Å². The van der Waals surface area contributed by atoms with Crippen LogP contribution in [0.2, 0.25) is 10.0 Å². The fourth-order valence-corrected chi connectivity index (χ4v) is 3.89. The first-order chi connectivity index (χ1) is 14.7. The van der Waals surface area contributed by atoms with E-state index in [4.69, 9.17) is 27.9 Å². The van der Waals surface area contributed by atoms with Gasteiger partial charge in [0.2, 0.25) is 0 Å². The van der Waals surface area contributed by atoms with Gasteiger partial charge in [0.05, 0.1) is 6.54 Å². The Morgan fingerprint density at radius 1 is 0.968 bits per heavy atom. The summed E-state index contributed by atoms with van der Waals surface area (Å²) in [4.78, 5) is 29.9. The van der Waals surface area contributed by atoms with E-state index >= 15 is 0 Å². The molecule has 2 heterocycles. The summed E-state index contributed by atoms with van der Waals surface area (Å²) in [6.07, 6.45) is 0. The van der Waals surface area contributed by atoms with Gasteiger partial charge >= 0.3 is 11.7 Å². The molecule has 0 aliphatic rings. The van der Waals surface area contributed by atoms with E-state index < -0.39 is 11.2 Å². The first kappa shape index (κ1) is 21.2. The number of nitrogens with zero attached hydrogens (tertiary/aromatic N) is 4. The lowest BCUT2D eigenvalue weighted by atomic mass is 10.1. The van der Waals surface area contributed by atoms with E-state index in [1.807, 2.05) is 32.0 Å². The van der Waals surface area contributed by atoms with E-state index in [0.717, 1.165) is 15.7 Å². The Balaban J connectivity index is 1.98. The van der Waals surface area contributed by atoms with Gasteiger partial charge in [-0.05, 0) is 49.2 Å². The van der Waals surface area contributed by atoms with Gasteiger partial charge in [-0.3, -0.25) is 18.5 Å². The van der Waals surface area contributed by atoms with Crippen LogP contribution in [0, 0.1) is 13.8 Å². The van der Waals surface area contributed by atoms with Crippen molar-refractivity contribution >= 4 is 34.4 Å². The summed E-state index contributed by atoms with van der Waals surface area (Å²) in [5.41, 5.74) is 2.28. The SMILES string of the molecule is Cc1ccc(Oc2nc3c(c(=O)n(C)c(=O)n3C)n2Cc2c(Cl)cccc2Cl)cc1C. The van der Waals surface area contributed by atoms with Gasteiger partial charge in [-0.25, -0.2) is 4.79 Å². The minimum absolute atomic E-state index is 0.141. The molecule has 0 saturated heterocycles. The fraction of sp³-hybridized carbons (Fsp3) is 0.227. The number of halogens is 2. The predicted molar refractivity (Wildman–Crippen MR) is 122 cm³/mol. The van der Waals surface area contributed by atoms with Crippen molar-refractivity contribution in [2.45, 2.75) is 20.4 Å². The molecular weight excluding hydrogens is 439 g/mol. The summed E-state index contributed by atoms with van der Waals surface area (Å²) < 4.78 is 10.0. The molecule has 160 valence electrons. The van der Waals surface area contributed by atoms with Crippen molar-refractivity contribution in [2.75, 3.05) is 0 Å². The third kappa shape index (κ3) is 3.64. The van der Waals surface area contributed by atoms with Crippen molar-refractivity contribution in [3.05, 3.63) is 84.0 Å². The van der Waals surface area contributed by atoms with Crippen molar-refractivity contribution in [3.63, 3.8) is 0 Å². The van der Waals surface area contributed by atoms with Crippen LogP contribution in [0.15, 0.2) is 46.0 Å². The molecule has 0 N–H and O–H groups in total. The van der Waals surface area contributed by atoms with Gasteiger partial charge in [0.25, 0.3) is 5.56 Å². The third-order valence-corrected chi connectivity index (χ3v) is 6.09. The van der Waals surface area contributed by atoms with Crippen molar-refractivity contribution in [1.29, 1.82) is 0 Å². The fourth-order valence-electron chi connectivity index (χ4n) is 3.38. The highest BCUT2D eigenvalue weighted by molar-refractivity contribution is 6.36.